The number of benzene rings is 2. The Morgan fingerprint density at radius 2 is 1.81 bits per heavy atom. The van der Waals surface area contributed by atoms with Gasteiger partial charge in [0, 0.05) is 37.7 Å². The molecule has 0 spiro atoms. The Morgan fingerprint density at radius 1 is 1.03 bits per heavy atom. The van der Waals surface area contributed by atoms with E-state index in [1.54, 1.807) is 6.92 Å². The molecule has 5 nitrogen and oxygen atoms in total. The number of nitrogens with zero attached hydrogens (tertiary/aromatic N) is 4. The summed E-state index contributed by atoms with van der Waals surface area (Å²) in [7, 11) is 0. The summed E-state index contributed by atoms with van der Waals surface area (Å²) in [5, 5.41) is 0.628. The summed E-state index contributed by atoms with van der Waals surface area (Å²) in [4.78, 5) is 26.1. The molecule has 0 bridgehead atoms. The van der Waals surface area contributed by atoms with Crippen LogP contribution in [0, 0.1) is 6.92 Å². The van der Waals surface area contributed by atoms with Crippen LogP contribution in [-0.4, -0.2) is 46.8 Å². The molecule has 2 heterocycles. The first kappa shape index (κ1) is 21.5. The van der Waals surface area contributed by atoms with Gasteiger partial charge in [0.25, 0.3) is 0 Å². The van der Waals surface area contributed by atoms with Gasteiger partial charge in [0.15, 0.2) is 0 Å². The van der Waals surface area contributed by atoms with Gasteiger partial charge in [-0.15, -0.1) is 0 Å². The average Bonchev–Trinajstić information content (AvgIpc) is 2.77. The first-order valence-electron chi connectivity index (χ1n) is 10.6. The molecule has 1 unspecified atom stereocenters. The maximum absolute atomic E-state index is 12.5. The van der Waals surface area contributed by atoms with Crippen LogP contribution in [0.5, 0.6) is 0 Å². The SMILES string of the molecule is CC(=O)C(c1cccc(CN2CCN(c3cnc(C)cn3)CC2)c1)c1ccccc1Cl. The standard InChI is InChI=1S/C25H27ClN4O/c1-18-15-28-24(16-27-18)30-12-10-29(11-13-30)17-20-6-5-7-21(14-20)25(19(2)31)22-8-3-4-9-23(22)26/h3-9,14-16,25H,10-13,17H2,1-2H3. The number of ketones is 1. The van der Waals surface area contributed by atoms with Crippen LogP contribution < -0.4 is 4.90 Å². The lowest BCUT2D eigenvalue weighted by atomic mass is 9.87. The molecule has 0 amide bonds. The molecular formula is C25H27ClN4O. The number of carbonyl (C=O) groups excluding carboxylic acids is 1. The Bertz CT molecular complexity index is 1050. The van der Waals surface area contributed by atoms with Gasteiger partial charge in [0.05, 0.1) is 24.0 Å². The fourth-order valence-electron chi connectivity index (χ4n) is 4.16. The minimum Gasteiger partial charge on any atom is -0.353 e. The van der Waals surface area contributed by atoms with Crippen LogP contribution in [0.4, 0.5) is 5.82 Å². The van der Waals surface area contributed by atoms with Gasteiger partial charge in [-0.05, 0) is 36.6 Å². The molecule has 1 aromatic heterocycles. The van der Waals surface area contributed by atoms with E-state index in [-0.39, 0.29) is 11.7 Å². The second kappa shape index (κ2) is 9.58. The summed E-state index contributed by atoms with van der Waals surface area (Å²) < 4.78 is 0. The Hall–Kier alpha value is -2.76. The monoisotopic (exact) mass is 434 g/mol. The van der Waals surface area contributed by atoms with Gasteiger partial charge in [0.1, 0.15) is 11.6 Å². The van der Waals surface area contributed by atoms with Gasteiger partial charge in [-0.1, -0.05) is 54.1 Å². The van der Waals surface area contributed by atoms with E-state index in [0.29, 0.717) is 5.02 Å². The minimum atomic E-state index is -0.342. The summed E-state index contributed by atoms with van der Waals surface area (Å²) in [5.74, 6) is 0.694. The second-order valence-corrected chi connectivity index (χ2v) is 8.50. The van der Waals surface area contributed by atoms with Crippen molar-refractivity contribution in [3.63, 3.8) is 0 Å². The smallest absolute Gasteiger partial charge is 0.147 e. The van der Waals surface area contributed by atoms with E-state index in [1.807, 2.05) is 55.7 Å². The van der Waals surface area contributed by atoms with Crippen LogP contribution in [0.15, 0.2) is 60.9 Å². The van der Waals surface area contributed by atoms with Gasteiger partial charge < -0.3 is 4.90 Å². The molecule has 1 aliphatic rings. The zero-order valence-electron chi connectivity index (χ0n) is 18.0. The number of Topliss-reactive ketones (excluding diaryl/α,β-unsaturated/α-hetero) is 1. The predicted molar refractivity (Wildman–Crippen MR) is 125 cm³/mol. The summed E-state index contributed by atoms with van der Waals surface area (Å²) >= 11 is 6.41. The van der Waals surface area contributed by atoms with Crippen molar-refractivity contribution in [1.82, 2.24) is 14.9 Å². The quantitative estimate of drug-likeness (QED) is 0.572. The van der Waals surface area contributed by atoms with Crippen molar-refractivity contribution in [3.8, 4) is 0 Å². The topological polar surface area (TPSA) is 49.3 Å². The number of anilines is 1. The normalized spacial score (nSPS) is 15.6. The maximum Gasteiger partial charge on any atom is 0.147 e. The lowest BCUT2D eigenvalue weighted by Gasteiger charge is -2.35. The maximum atomic E-state index is 12.5. The van der Waals surface area contributed by atoms with Crippen molar-refractivity contribution in [2.24, 2.45) is 0 Å². The fourth-order valence-corrected chi connectivity index (χ4v) is 4.40. The van der Waals surface area contributed by atoms with Crippen molar-refractivity contribution in [2.45, 2.75) is 26.3 Å². The first-order chi connectivity index (χ1) is 15.0. The molecule has 0 radical (unpaired) electrons. The number of rotatable bonds is 6. The Kier molecular flexibility index (Phi) is 6.64. The van der Waals surface area contributed by atoms with Gasteiger partial charge in [-0.2, -0.15) is 0 Å². The van der Waals surface area contributed by atoms with E-state index in [1.165, 1.54) is 5.56 Å². The molecule has 31 heavy (non-hydrogen) atoms. The molecule has 1 fully saturated rings. The molecule has 3 aromatic rings. The Labute approximate surface area is 188 Å². The Balaban J connectivity index is 1.45. The van der Waals surface area contributed by atoms with Crippen molar-refractivity contribution in [2.75, 3.05) is 31.1 Å². The molecule has 4 rings (SSSR count). The molecule has 0 aliphatic carbocycles. The second-order valence-electron chi connectivity index (χ2n) is 8.09. The first-order valence-corrected chi connectivity index (χ1v) is 11.0. The summed E-state index contributed by atoms with van der Waals surface area (Å²) in [6, 6.07) is 15.9. The van der Waals surface area contributed by atoms with Crippen LogP contribution in [-0.2, 0) is 11.3 Å². The molecule has 0 N–H and O–H groups in total. The van der Waals surface area contributed by atoms with Crippen LogP contribution in [0.1, 0.15) is 35.2 Å². The number of aryl methyl sites for hydroxylation is 1. The van der Waals surface area contributed by atoms with Crippen LogP contribution in [0.3, 0.4) is 0 Å². The average molecular weight is 435 g/mol. The lowest BCUT2D eigenvalue weighted by Crippen LogP contribution is -2.46. The van der Waals surface area contributed by atoms with Crippen molar-refractivity contribution in [3.05, 3.63) is 88.3 Å². The van der Waals surface area contributed by atoms with E-state index in [0.717, 1.165) is 55.4 Å². The third-order valence-electron chi connectivity index (χ3n) is 5.78. The van der Waals surface area contributed by atoms with E-state index in [2.05, 4.69) is 31.9 Å². The van der Waals surface area contributed by atoms with E-state index < -0.39 is 0 Å². The van der Waals surface area contributed by atoms with Crippen molar-refractivity contribution < 1.29 is 4.79 Å². The molecule has 1 saturated heterocycles. The molecule has 1 aliphatic heterocycles. The van der Waals surface area contributed by atoms with Crippen molar-refractivity contribution in [1.29, 1.82) is 0 Å². The number of aromatic nitrogens is 2. The fraction of sp³-hybridized carbons (Fsp3) is 0.320. The summed E-state index contributed by atoms with van der Waals surface area (Å²) in [6.07, 6.45) is 3.67. The third kappa shape index (κ3) is 5.12. The van der Waals surface area contributed by atoms with Gasteiger partial charge >= 0.3 is 0 Å². The van der Waals surface area contributed by atoms with E-state index in [9.17, 15) is 4.79 Å². The molecular weight excluding hydrogens is 408 g/mol. The number of halogens is 1. The summed E-state index contributed by atoms with van der Waals surface area (Å²) in [5.41, 5.74) is 4.00. The zero-order chi connectivity index (χ0) is 21.8. The van der Waals surface area contributed by atoms with E-state index >= 15 is 0 Å². The highest BCUT2D eigenvalue weighted by atomic mass is 35.5. The third-order valence-corrected chi connectivity index (χ3v) is 6.12. The number of carbonyl (C=O) groups is 1. The van der Waals surface area contributed by atoms with Gasteiger partial charge in [0.2, 0.25) is 0 Å². The van der Waals surface area contributed by atoms with Gasteiger partial charge in [-0.3, -0.25) is 14.7 Å². The lowest BCUT2D eigenvalue weighted by molar-refractivity contribution is -0.117. The van der Waals surface area contributed by atoms with Crippen LogP contribution >= 0.6 is 11.6 Å². The molecule has 0 saturated carbocycles. The highest BCUT2D eigenvalue weighted by Crippen LogP contribution is 2.31. The summed E-state index contributed by atoms with van der Waals surface area (Å²) in [6.45, 7) is 8.20. The van der Waals surface area contributed by atoms with Gasteiger partial charge in [-0.25, -0.2) is 4.98 Å². The number of hydrogen-bond acceptors (Lipinski definition) is 5. The Morgan fingerprint density at radius 3 is 2.48 bits per heavy atom. The number of piperazine rings is 1. The van der Waals surface area contributed by atoms with Crippen molar-refractivity contribution >= 4 is 23.2 Å². The molecule has 2 aromatic carbocycles. The zero-order valence-corrected chi connectivity index (χ0v) is 18.7. The highest BCUT2D eigenvalue weighted by molar-refractivity contribution is 6.31. The number of hydrogen-bond donors (Lipinski definition) is 0. The molecule has 160 valence electrons. The molecule has 1 atom stereocenters. The highest BCUT2D eigenvalue weighted by Gasteiger charge is 2.23. The molecule has 6 heteroatoms. The van der Waals surface area contributed by atoms with Crippen LogP contribution in [0.25, 0.3) is 0 Å². The largest absolute Gasteiger partial charge is 0.353 e. The minimum absolute atomic E-state index is 0.0954. The van der Waals surface area contributed by atoms with E-state index in [4.69, 9.17) is 11.6 Å². The van der Waals surface area contributed by atoms with Crippen LogP contribution in [0.2, 0.25) is 5.02 Å². The predicted octanol–water partition coefficient (Wildman–Crippen LogP) is 4.48.